The molecule has 0 atom stereocenters. The molecule has 0 spiro atoms. The van der Waals surface area contributed by atoms with Gasteiger partial charge < -0.3 is 10.2 Å². The number of hydrogen-bond acceptors (Lipinski definition) is 4. The van der Waals surface area contributed by atoms with Crippen LogP contribution in [0, 0.1) is 0 Å². The number of rotatable bonds is 5. The van der Waals surface area contributed by atoms with E-state index in [9.17, 15) is 18.3 Å². The van der Waals surface area contributed by atoms with E-state index >= 15 is 0 Å². The van der Waals surface area contributed by atoms with Gasteiger partial charge in [-0.15, -0.1) is 0 Å². The minimum Gasteiger partial charge on any atom is -0.507 e. The van der Waals surface area contributed by atoms with Crippen molar-refractivity contribution < 1.29 is 23.4 Å². The monoisotopic (exact) mass is 288 g/mol. The Hall–Kier alpha value is -1.80. The van der Waals surface area contributed by atoms with Gasteiger partial charge in [-0.1, -0.05) is 0 Å². The molecule has 1 rings (SSSR count). The predicted octanol–water partition coefficient (Wildman–Crippen LogP) is 1.09. The fourth-order valence-electron chi connectivity index (χ4n) is 1.27. The summed E-state index contributed by atoms with van der Waals surface area (Å²) in [6, 6.07) is 3.22. The van der Waals surface area contributed by atoms with Gasteiger partial charge in [0.15, 0.2) is 0 Å². The Labute approximate surface area is 111 Å². The molecule has 0 heterocycles. The summed E-state index contributed by atoms with van der Waals surface area (Å²) in [7, 11) is -2.35. The Morgan fingerprint density at radius 1 is 1.37 bits per heavy atom. The molecule has 0 aliphatic carbocycles. The molecule has 0 bridgehead atoms. The van der Waals surface area contributed by atoms with Crippen LogP contribution in [0.5, 0.6) is 5.75 Å². The number of carbonyl (C=O) groups is 1. The van der Waals surface area contributed by atoms with Crippen molar-refractivity contribution in [3.05, 3.63) is 23.8 Å². The number of aromatic hydroxyl groups is 1. The third-order valence-corrected chi connectivity index (χ3v) is 4.25. The van der Waals surface area contributed by atoms with Crippen LogP contribution < -0.4 is 4.72 Å². The fraction of sp³-hybridized carbons (Fsp3) is 0.364. The third kappa shape index (κ3) is 3.58. The molecule has 7 nitrogen and oxygen atoms in total. The van der Waals surface area contributed by atoms with Gasteiger partial charge in [0, 0.05) is 13.1 Å². The average molecular weight is 288 g/mol. The maximum absolute atomic E-state index is 11.9. The van der Waals surface area contributed by atoms with Crippen LogP contribution in [0.25, 0.3) is 0 Å². The van der Waals surface area contributed by atoms with Crippen LogP contribution >= 0.6 is 0 Å². The molecule has 106 valence electrons. The molecule has 0 amide bonds. The van der Waals surface area contributed by atoms with Crippen LogP contribution in [0.15, 0.2) is 18.2 Å². The van der Waals surface area contributed by atoms with E-state index in [0.29, 0.717) is 0 Å². The third-order valence-electron chi connectivity index (χ3n) is 2.58. The molecule has 1 aromatic carbocycles. The van der Waals surface area contributed by atoms with Crippen molar-refractivity contribution in [3.8, 4) is 5.75 Å². The molecule has 0 aliphatic heterocycles. The van der Waals surface area contributed by atoms with Gasteiger partial charge in [-0.2, -0.15) is 12.7 Å². The molecular weight excluding hydrogens is 272 g/mol. The van der Waals surface area contributed by atoms with Crippen molar-refractivity contribution in [2.24, 2.45) is 0 Å². The van der Waals surface area contributed by atoms with Crippen LogP contribution in [0.1, 0.15) is 24.2 Å². The maximum Gasteiger partial charge on any atom is 0.339 e. The Bertz CT molecular complexity index is 583. The van der Waals surface area contributed by atoms with Crippen molar-refractivity contribution in [1.29, 1.82) is 0 Å². The Morgan fingerprint density at radius 2 is 1.95 bits per heavy atom. The van der Waals surface area contributed by atoms with Gasteiger partial charge in [-0.25, -0.2) is 4.79 Å². The van der Waals surface area contributed by atoms with Gasteiger partial charge in [0.25, 0.3) is 0 Å². The smallest absolute Gasteiger partial charge is 0.339 e. The number of carboxylic acid groups (broad SMARTS) is 1. The van der Waals surface area contributed by atoms with Gasteiger partial charge in [-0.3, -0.25) is 4.72 Å². The molecule has 8 heteroatoms. The zero-order valence-electron chi connectivity index (χ0n) is 10.8. The van der Waals surface area contributed by atoms with E-state index in [2.05, 4.69) is 4.72 Å². The lowest BCUT2D eigenvalue weighted by Gasteiger charge is -2.21. The number of anilines is 1. The summed E-state index contributed by atoms with van der Waals surface area (Å²) in [5, 5.41) is 18.2. The van der Waals surface area contributed by atoms with Crippen LogP contribution in [0.2, 0.25) is 0 Å². The lowest BCUT2D eigenvalue weighted by atomic mass is 10.2. The first-order valence-electron chi connectivity index (χ1n) is 5.47. The minimum absolute atomic E-state index is 0.0719. The van der Waals surface area contributed by atoms with Gasteiger partial charge in [-0.05, 0) is 32.0 Å². The molecule has 1 aromatic rings. The van der Waals surface area contributed by atoms with Gasteiger partial charge >= 0.3 is 16.2 Å². The zero-order chi connectivity index (χ0) is 14.8. The SMILES string of the molecule is CC(C)N(C)S(=O)(=O)Nc1ccc(O)c(C(=O)O)c1. The highest BCUT2D eigenvalue weighted by atomic mass is 32.2. The number of phenols is 1. The Morgan fingerprint density at radius 3 is 2.42 bits per heavy atom. The number of aromatic carboxylic acids is 1. The highest BCUT2D eigenvalue weighted by Gasteiger charge is 2.21. The van der Waals surface area contributed by atoms with E-state index in [0.717, 1.165) is 16.4 Å². The standard InChI is InChI=1S/C11H16N2O5S/c1-7(2)13(3)19(17,18)12-8-4-5-10(14)9(6-8)11(15)16/h4-7,12,14H,1-3H3,(H,15,16). The van der Waals surface area contributed by atoms with Crippen LogP contribution in [-0.4, -0.2) is 42.0 Å². The first-order valence-corrected chi connectivity index (χ1v) is 6.91. The number of nitrogens with zero attached hydrogens (tertiary/aromatic N) is 1. The van der Waals surface area contributed by atoms with E-state index < -0.39 is 21.9 Å². The fourth-order valence-corrected chi connectivity index (χ4v) is 2.39. The molecule has 3 N–H and O–H groups in total. The van der Waals surface area contributed by atoms with Crippen molar-refractivity contribution in [3.63, 3.8) is 0 Å². The van der Waals surface area contributed by atoms with E-state index in [1.54, 1.807) is 13.8 Å². The topological polar surface area (TPSA) is 107 Å². The van der Waals surface area contributed by atoms with E-state index in [1.165, 1.54) is 13.1 Å². The van der Waals surface area contributed by atoms with Crippen molar-refractivity contribution in [2.45, 2.75) is 19.9 Å². The molecule has 19 heavy (non-hydrogen) atoms. The Balaban J connectivity index is 3.07. The first kappa shape index (κ1) is 15.3. The summed E-state index contributed by atoms with van der Waals surface area (Å²) in [6.45, 7) is 3.41. The maximum atomic E-state index is 11.9. The number of carboxylic acids is 1. The number of benzene rings is 1. The molecule has 0 radical (unpaired) electrons. The van der Waals surface area contributed by atoms with Crippen molar-refractivity contribution in [1.82, 2.24) is 4.31 Å². The lowest BCUT2D eigenvalue weighted by Crippen LogP contribution is -2.37. The summed E-state index contributed by atoms with van der Waals surface area (Å²) in [4.78, 5) is 10.8. The van der Waals surface area contributed by atoms with E-state index in [4.69, 9.17) is 5.11 Å². The highest BCUT2D eigenvalue weighted by molar-refractivity contribution is 7.90. The molecule has 0 saturated carbocycles. The van der Waals surface area contributed by atoms with Gasteiger partial charge in [0.1, 0.15) is 11.3 Å². The van der Waals surface area contributed by atoms with Crippen LogP contribution in [0.3, 0.4) is 0 Å². The summed E-state index contributed by atoms with van der Waals surface area (Å²) < 4.78 is 27.2. The molecular formula is C11H16N2O5S. The molecule has 0 fully saturated rings. The lowest BCUT2D eigenvalue weighted by molar-refractivity contribution is 0.0693. The van der Waals surface area contributed by atoms with Gasteiger partial charge in [0.2, 0.25) is 0 Å². The zero-order valence-corrected chi connectivity index (χ0v) is 11.6. The largest absolute Gasteiger partial charge is 0.507 e. The van der Waals surface area contributed by atoms with Crippen molar-refractivity contribution >= 4 is 21.9 Å². The van der Waals surface area contributed by atoms with Crippen LogP contribution in [0.4, 0.5) is 5.69 Å². The first-order chi connectivity index (χ1) is 8.65. The molecule has 0 aliphatic rings. The van der Waals surface area contributed by atoms with E-state index in [-0.39, 0.29) is 17.3 Å². The minimum atomic E-state index is -3.76. The molecule has 0 saturated heterocycles. The van der Waals surface area contributed by atoms with E-state index in [1.807, 2.05) is 0 Å². The second kappa shape index (κ2) is 5.45. The normalized spacial score (nSPS) is 11.8. The summed E-state index contributed by atoms with van der Waals surface area (Å²) in [6.07, 6.45) is 0. The summed E-state index contributed by atoms with van der Waals surface area (Å²) in [5.41, 5.74) is -0.296. The van der Waals surface area contributed by atoms with Crippen LogP contribution in [-0.2, 0) is 10.2 Å². The molecule has 0 aromatic heterocycles. The summed E-state index contributed by atoms with van der Waals surface area (Å²) >= 11 is 0. The van der Waals surface area contributed by atoms with Crippen molar-refractivity contribution in [2.75, 3.05) is 11.8 Å². The number of nitrogens with one attached hydrogen (secondary N) is 1. The molecule has 0 unspecified atom stereocenters. The quantitative estimate of drug-likeness (QED) is 0.703. The average Bonchev–Trinajstić information content (AvgIpc) is 2.29. The Kier molecular flexibility index (Phi) is 4.38. The second-order valence-corrected chi connectivity index (χ2v) is 5.98. The predicted molar refractivity (Wildman–Crippen MR) is 70.5 cm³/mol. The number of hydrogen-bond donors (Lipinski definition) is 3. The second-order valence-electron chi connectivity index (χ2n) is 4.25. The summed E-state index contributed by atoms with van der Waals surface area (Å²) in [5.74, 6) is -1.76. The highest BCUT2D eigenvalue weighted by Crippen LogP contribution is 2.22. The van der Waals surface area contributed by atoms with Gasteiger partial charge in [0.05, 0.1) is 5.69 Å².